The largest absolute Gasteiger partial charge is 0.457 e. The van der Waals surface area contributed by atoms with Gasteiger partial charge < -0.3 is 9.53 Å². The van der Waals surface area contributed by atoms with E-state index in [-0.39, 0.29) is 0 Å². The smallest absolute Gasteiger partial charge is 0.127 e. The Bertz CT molecular complexity index is 590. The van der Waals surface area contributed by atoms with Crippen molar-refractivity contribution in [1.82, 2.24) is 0 Å². The maximum absolute atomic E-state index is 10.6. The van der Waals surface area contributed by atoms with Crippen molar-refractivity contribution in [3.05, 3.63) is 59.7 Å². The van der Waals surface area contributed by atoms with Gasteiger partial charge in [-0.1, -0.05) is 24.3 Å². The van der Waals surface area contributed by atoms with Crippen LogP contribution >= 0.6 is 0 Å². The van der Waals surface area contributed by atoms with Gasteiger partial charge in [0.25, 0.3) is 0 Å². The van der Waals surface area contributed by atoms with E-state index in [9.17, 15) is 4.79 Å². The third-order valence-corrected chi connectivity index (χ3v) is 3.92. The van der Waals surface area contributed by atoms with Gasteiger partial charge in [-0.15, -0.1) is 0 Å². The lowest BCUT2D eigenvalue weighted by atomic mass is 9.82. The molecular formula is C18H18O2. The second kappa shape index (κ2) is 5.91. The molecule has 3 rings (SSSR count). The van der Waals surface area contributed by atoms with E-state index in [0.717, 1.165) is 37.0 Å². The van der Waals surface area contributed by atoms with Crippen molar-refractivity contribution in [3.8, 4) is 11.5 Å². The first kappa shape index (κ1) is 12.9. The van der Waals surface area contributed by atoms with Crippen LogP contribution in [0.5, 0.6) is 11.5 Å². The Kier molecular flexibility index (Phi) is 3.82. The van der Waals surface area contributed by atoms with Crippen molar-refractivity contribution in [1.29, 1.82) is 0 Å². The predicted molar refractivity (Wildman–Crippen MR) is 79.2 cm³/mol. The fourth-order valence-corrected chi connectivity index (χ4v) is 2.83. The summed E-state index contributed by atoms with van der Waals surface area (Å²) in [6, 6.07) is 16.1. The van der Waals surface area contributed by atoms with Crippen LogP contribution in [0.3, 0.4) is 0 Å². The van der Waals surface area contributed by atoms with Gasteiger partial charge in [0.15, 0.2) is 0 Å². The van der Waals surface area contributed by atoms with Gasteiger partial charge in [-0.05, 0) is 60.6 Å². The first-order valence-corrected chi connectivity index (χ1v) is 7.13. The van der Waals surface area contributed by atoms with Crippen molar-refractivity contribution < 1.29 is 9.53 Å². The van der Waals surface area contributed by atoms with Crippen LogP contribution in [0.25, 0.3) is 0 Å². The molecule has 0 saturated heterocycles. The van der Waals surface area contributed by atoms with Gasteiger partial charge >= 0.3 is 0 Å². The molecule has 20 heavy (non-hydrogen) atoms. The topological polar surface area (TPSA) is 26.3 Å². The fourth-order valence-electron chi connectivity index (χ4n) is 2.83. The highest BCUT2D eigenvalue weighted by Gasteiger charge is 2.18. The lowest BCUT2D eigenvalue weighted by molar-refractivity contribution is -0.108. The number of ether oxygens (including phenoxy) is 1. The lowest BCUT2D eigenvalue weighted by Crippen LogP contribution is -2.14. The Morgan fingerprint density at radius 2 is 1.90 bits per heavy atom. The van der Waals surface area contributed by atoms with Crippen molar-refractivity contribution in [3.63, 3.8) is 0 Å². The van der Waals surface area contributed by atoms with Gasteiger partial charge in [0.2, 0.25) is 0 Å². The van der Waals surface area contributed by atoms with Gasteiger partial charge in [0.05, 0.1) is 0 Å². The molecule has 0 heterocycles. The van der Waals surface area contributed by atoms with Crippen LogP contribution < -0.4 is 4.74 Å². The molecule has 1 unspecified atom stereocenters. The van der Waals surface area contributed by atoms with Crippen molar-refractivity contribution in [2.45, 2.75) is 25.7 Å². The maximum Gasteiger partial charge on any atom is 0.127 e. The van der Waals surface area contributed by atoms with E-state index >= 15 is 0 Å². The summed E-state index contributed by atoms with van der Waals surface area (Å²) in [5.74, 6) is 2.27. The highest BCUT2D eigenvalue weighted by Crippen LogP contribution is 2.31. The van der Waals surface area contributed by atoms with E-state index in [1.54, 1.807) is 0 Å². The molecule has 2 aromatic rings. The monoisotopic (exact) mass is 266 g/mol. The minimum atomic E-state index is 0.515. The summed E-state index contributed by atoms with van der Waals surface area (Å²) >= 11 is 0. The van der Waals surface area contributed by atoms with E-state index in [2.05, 4.69) is 12.1 Å². The Morgan fingerprint density at radius 1 is 1.05 bits per heavy atom. The molecule has 0 fully saturated rings. The number of aldehydes is 1. The fraction of sp³-hybridized carbons (Fsp3) is 0.278. The van der Waals surface area contributed by atoms with Crippen LogP contribution in [-0.2, 0) is 17.6 Å². The Morgan fingerprint density at radius 3 is 2.70 bits per heavy atom. The minimum absolute atomic E-state index is 0.515. The molecule has 0 saturated carbocycles. The summed E-state index contributed by atoms with van der Waals surface area (Å²) in [5, 5.41) is 0. The second-order valence-corrected chi connectivity index (χ2v) is 5.36. The van der Waals surface area contributed by atoms with Gasteiger partial charge in [0.1, 0.15) is 17.8 Å². The van der Waals surface area contributed by atoms with Gasteiger partial charge in [-0.2, -0.15) is 0 Å². The average molecular weight is 266 g/mol. The number of benzene rings is 2. The molecule has 1 atom stereocenters. The Labute approximate surface area is 119 Å². The third-order valence-electron chi connectivity index (χ3n) is 3.92. The number of carbonyl (C=O) groups excluding carboxylic acids is 1. The zero-order valence-corrected chi connectivity index (χ0v) is 11.4. The minimum Gasteiger partial charge on any atom is -0.457 e. The second-order valence-electron chi connectivity index (χ2n) is 5.36. The van der Waals surface area contributed by atoms with Crippen LogP contribution in [0.4, 0.5) is 0 Å². The van der Waals surface area contributed by atoms with Gasteiger partial charge in [-0.25, -0.2) is 0 Å². The first-order chi connectivity index (χ1) is 9.85. The maximum atomic E-state index is 10.6. The van der Waals surface area contributed by atoms with Crippen LogP contribution in [0.15, 0.2) is 48.5 Å². The van der Waals surface area contributed by atoms with Crippen molar-refractivity contribution in [2.75, 3.05) is 0 Å². The Hall–Kier alpha value is -2.09. The summed E-state index contributed by atoms with van der Waals surface area (Å²) in [7, 11) is 0. The number of fused-ring (bicyclic) bond motifs is 1. The zero-order chi connectivity index (χ0) is 13.8. The van der Waals surface area contributed by atoms with Crippen LogP contribution in [0, 0.1) is 5.92 Å². The molecule has 1 aliphatic rings. The van der Waals surface area contributed by atoms with E-state index in [0.29, 0.717) is 12.3 Å². The van der Waals surface area contributed by atoms with E-state index < -0.39 is 0 Å². The number of para-hydroxylation sites is 1. The molecule has 0 spiro atoms. The highest BCUT2D eigenvalue weighted by molar-refractivity contribution is 5.50. The normalized spacial score (nSPS) is 17.3. The molecule has 0 amide bonds. The Balaban J connectivity index is 1.75. The summed E-state index contributed by atoms with van der Waals surface area (Å²) in [4.78, 5) is 10.6. The SMILES string of the molecule is O=CCC1CCc2cc(Oc3ccccc3)ccc2C1. The zero-order valence-electron chi connectivity index (χ0n) is 11.4. The molecule has 0 aromatic heterocycles. The molecule has 0 N–H and O–H groups in total. The van der Waals surface area contributed by atoms with Crippen LogP contribution in [0.1, 0.15) is 24.0 Å². The number of rotatable bonds is 4. The number of carbonyl (C=O) groups is 1. The van der Waals surface area contributed by atoms with Gasteiger partial charge in [0, 0.05) is 6.42 Å². The number of hydrogen-bond donors (Lipinski definition) is 0. The summed E-state index contributed by atoms with van der Waals surface area (Å²) in [6.45, 7) is 0. The highest BCUT2D eigenvalue weighted by atomic mass is 16.5. The first-order valence-electron chi connectivity index (χ1n) is 7.13. The quantitative estimate of drug-likeness (QED) is 0.776. The number of aryl methyl sites for hydroxylation is 1. The van der Waals surface area contributed by atoms with E-state index in [1.165, 1.54) is 11.1 Å². The summed E-state index contributed by atoms with van der Waals surface area (Å²) < 4.78 is 5.86. The lowest BCUT2D eigenvalue weighted by Gasteiger charge is -2.23. The van der Waals surface area contributed by atoms with Crippen LogP contribution in [-0.4, -0.2) is 6.29 Å². The third kappa shape index (κ3) is 2.90. The van der Waals surface area contributed by atoms with E-state index in [4.69, 9.17) is 4.74 Å². The standard InChI is InChI=1S/C18H18O2/c19-11-10-14-6-7-16-13-18(9-8-15(16)12-14)20-17-4-2-1-3-5-17/h1-5,8-9,11,13-14H,6-7,10,12H2. The average Bonchev–Trinajstić information content (AvgIpc) is 2.49. The summed E-state index contributed by atoms with van der Waals surface area (Å²) in [5.41, 5.74) is 2.73. The molecule has 0 aliphatic heterocycles. The summed E-state index contributed by atoms with van der Waals surface area (Å²) in [6.07, 6.45) is 4.88. The van der Waals surface area contributed by atoms with Gasteiger partial charge in [-0.3, -0.25) is 0 Å². The van der Waals surface area contributed by atoms with E-state index in [1.807, 2.05) is 36.4 Å². The molecular weight excluding hydrogens is 248 g/mol. The molecule has 0 radical (unpaired) electrons. The molecule has 0 bridgehead atoms. The molecule has 102 valence electrons. The molecule has 1 aliphatic carbocycles. The molecule has 2 aromatic carbocycles. The van der Waals surface area contributed by atoms with Crippen molar-refractivity contribution in [2.24, 2.45) is 5.92 Å². The predicted octanol–water partition coefficient (Wildman–Crippen LogP) is 4.17. The molecule has 2 nitrogen and oxygen atoms in total. The molecule has 2 heteroatoms. The number of hydrogen-bond acceptors (Lipinski definition) is 2. The van der Waals surface area contributed by atoms with Crippen molar-refractivity contribution >= 4 is 6.29 Å². The van der Waals surface area contributed by atoms with Crippen LogP contribution in [0.2, 0.25) is 0 Å².